The van der Waals surface area contributed by atoms with E-state index in [0.717, 1.165) is 4.90 Å². The minimum absolute atomic E-state index is 0.349. The summed E-state index contributed by atoms with van der Waals surface area (Å²) in [7, 11) is 3.17. The number of amides is 2. The number of aryl methyl sites for hydroxylation is 1. The van der Waals surface area contributed by atoms with Crippen molar-refractivity contribution in [2.75, 3.05) is 12.4 Å². The lowest BCUT2D eigenvalue weighted by molar-refractivity contribution is -0.141. The van der Waals surface area contributed by atoms with Crippen molar-refractivity contribution in [1.29, 1.82) is 0 Å². The molecule has 2 N–H and O–H groups in total. The van der Waals surface area contributed by atoms with Gasteiger partial charge < -0.3 is 10.0 Å². The summed E-state index contributed by atoms with van der Waals surface area (Å²) < 4.78 is 1.55. The van der Waals surface area contributed by atoms with Gasteiger partial charge in [0.1, 0.15) is 6.04 Å². The number of carbonyl (C=O) groups excluding carboxylic acids is 1. The first-order valence-corrected chi connectivity index (χ1v) is 5.22. The van der Waals surface area contributed by atoms with E-state index in [0.29, 0.717) is 12.2 Å². The average Bonchev–Trinajstić information content (AvgIpc) is 2.64. The zero-order valence-electron chi connectivity index (χ0n) is 10.0. The average molecular weight is 240 g/mol. The second-order valence-electron chi connectivity index (χ2n) is 3.68. The van der Waals surface area contributed by atoms with Gasteiger partial charge in [0.15, 0.2) is 5.82 Å². The van der Waals surface area contributed by atoms with Crippen LogP contribution in [0.5, 0.6) is 0 Å². The Balaban J connectivity index is 2.66. The molecule has 1 atom stereocenters. The Hall–Kier alpha value is -2.05. The second kappa shape index (κ2) is 5.33. The van der Waals surface area contributed by atoms with Crippen LogP contribution < -0.4 is 5.32 Å². The highest BCUT2D eigenvalue weighted by Gasteiger charge is 2.24. The maximum atomic E-state index is 11.7. The highest BCUT2D eigenvalue weighted by molar-refractivity contribution is 5.91. The van der Waals surface area contributed by atoms with Crippen molar-refractivity contribution in [3.63, 3.8) is 0 Å². The zero-order valence-corrected chi connectivity index (χ0v) is 10.0. The number of carboxylic acids is 1. The van der Waals surface area contributed by atoms with Gasteiger partial charge in [0, 0.05) is 26.4 Å². The van der Waals surface area contributed by atoms with Gasteiger partial charge in [-0.05, 0) is 6.42 Å². The maximum Gasteiger partial charge on any atom is 0.326 e. The molecule has 0 aromatic carbocycles. The largest absolute Gasteiger partial charge is 0.480 e. The van der Waals surface area contributed by atoms with Crippen LogP contribution in [0.2, 0.25) is 0 Å². The van der Waals surface area contributed by atoms with Crippen LogP contribution >= 0.6 is 0 Å². The molecule has 0 saturated heterocycles. The van der Waals surface area contributed by atoms with Crippen molar-refractivity contribution in [2.24, 2.45) is 7.05 Å². The quantitative estimate of drug-likeness (QED) is 0.812. The van der Waals surface area contributed by atoms with E-state index in [1.807, 2.05) is 0 Å². The molecule has 1 aromatic rings. The third-order valence-corrected chi connectivity index (χ3v) is 2.41. The van der Waals surface area contributed by atoms with Gasteiger partial charge in [0.2, 0.25) is 0 Å². The zero-order chi connectivity index (χ0) is 13.0. The first kappa shape index (κ1) is 13.0. The van der Waals surface area contributed by atoms with E-state index in [9.17, 15) is 9.59 Å². The Morgan fingerprint density at radius 3 is 2.71 bits per heavy atom. The lowest BCUT2D eigenvalue weighted by Crippen LogP contribution is -2.44. The van der Waals surface area contributed by atoms with E-state index in [-0.39, 0.29) is 0 Å². The molecule has 1 heterocycles. The van der Waals surface area contributed by atoms with Crippen LogP contribution in [-0.2, 0) is 11.8 Å². The molecule has 0 radical (unpaired) electrons. The van der Waals surface area contributed by atoms with Gasteiger partial charge in [-0.3, -0.25) is 10.00 Å². The topological polar surface area (TPSA) is 87.5 Å². The third kappa shape index (κ3) is 3.20. The number of aliphatic carboxylic acids is 1. The van der Waals surface area contributed by atoms with Crippen LogP contribution in [0.3, 0.4) is 0 Å². The molecule has 17 heavy (non-hydrogen) atoms. The summed E-state index contributed by atoms with van der Waals surface area (Å²) in [6.07, 6.45) is 2.03. The number of carboxylic acid groups (broad SMARTS) is 1. The standard InChI is InChI=1S/C10H16N4O3/c1-4-7(9(15)16)14(3)10(17)11-8-5-6-13(2)12-8/h5-7H,4H2,1-3H3,(H,15,16)(H,11,12,17). The number of aromatic nitrogens is 2. The Morgan fingerprint density at radius 2 is 2.29 bits per heavy atom. The Kier molecular flexibility index (Phi) is 4.08. The summed E-state index contributed by atoms with van der Waals surface area (Å²) >= 11 is 0. The summed E-state index contributed by atoms with van der Waals surface area (Å²) in [6, 6.07) is 0.310. The van der Waals surface area contributed by atoms with Crippen LogP contribution in [0.4, 0.5) is 10.6 Å². The summed E-state index contributed by atoms with van der Waals surface area (Å²) in [5.74, 6) is -0.629. The summed E-state index contributed by atoms with van der Waals surface area (Å²) in [4.78, 5) is 23.8. The fourth-order valence-corrected chi connectivity index (χ4v) is 1.44. The molecule has 1 unspecified atom stereocenters. The number of carbonyl (C=O) groups is 2. The molecule has 0 aliphatic rings. The third-order valence-electron chi connectivity index (χ3n) is 2.41. The normalized spacial score (nSPS) is 11.9. The number of anilines is 1. The summed E-state index contributed by atoms with van der Waals surface area (Å²) in [5.41, 5.74) is 0. The second-order valence-corrected chi connectivity index (χ2v) is 3.68. The van der Waals surface area contributed by atoms with E-state index in [1.54, 1.807) is 30.9 Å². The fourth-order valence-electron chi connectivity index (χ4n) is 1.44. The minimum Gasteiger partial charge on any atom is -0.480 e. The van der Waals surface area contributed by atoms with Crippen molar-refractivity contribution >= 4 is 17.8 Å². The molecule has 0 aliphatic heterocycles. The molecule has 7 heteroatoms. The lowest BCUT2D eigenvalue weighted by atomic mass is 10.2. The van der Waals surface area contributed by atoms with Gasteiger partial charge in [-0.25, -0.2) is 9.59 Å². The molecular formula is C10H16N4O3. The molecule has 0 saturated carbocycles. The fraction of sp³-hybridized carbons (Fsp3) is 0.500. The van der Waals surface area contributed by atoms with Gasteiger partial charge in [-0.1, -0.05) is 6.92 Å². The minimum atomic E-state index is -1.02. The van der Waals surface area contributed by atoms with Crippen LogP contribution in [-0.4, -0.2) is 44.9 Å². The van der Waals surface area contributed by atoms with Gasteiger partial charge in [-0.15, -0.1) is 0 Å². The summed E-state index contributed by atoms with van der Waals surface area (Å²) in [6.45, 7) is 1.71. The molecule has 2 amide bonds. The molecule has 7 nitrogen and oxygen atoms in total. The number of nitrogens with one attached hydrogen (secondary N) is 1. The number of hydrogen-bond donors (Lipinski definition) is 2. The molecular weight excluding hydrogens is 224 g/mol. The number of likely N-dealkylation sites (N-methyl/N-ethyl adjacent to an activating group) is 1. The van der Waals surface area contributed by atoms with Crippen molar-refractivity contribution in [2.45, 2.75) is 19.4 Å². The maximum absolute atomic E-state index is 11.7. The van der Waals surface area contributed by atoms with Gasteiger partial charge in [-0.2, -0.15) is 5.10 Å². The number of hydrogen-bond acceptors (Lipinski definition) is 3. The van der Waals surface area contributed by atoms with Crippen molar-refractivity contribution < 1.29 is 14.7 Å². The van der Waals surface area contributed by atoms with Gasteiger partial charge >= 0.3 is 12.0 Å². The first-order chi connectivity index (χ1) is 7.95. The van der Waals surface area contributed by atoms with Gasteiger partial charge in [0.05, 0.1) is 0 Å². The van der Waals surface area contributed by atoms with Gasteiger partial charge in [0.25, 0.3) is 0 Å². The predicted octanol–water partition coefficient (Wildman–Crippen LogP) is 0.747. The monoisotopic (exact) mass is 240 g/mol. The number of nitrogens with zero attached hydrogens (tertiary/aromatic N) is 3. The Morgan fingerprint density at radius 1 is 1.65 bits per heavy atom. The van der Waals surface area contributed by atoms with Crippen molar-refractivity contribution in [3.05, 3.63) is 12.3 Å². The van der Waals surface area contributed by atoms with Crippen LogP contribution in [0.1, 0.15) is 13.3 Å². The van der Waals surface area contributed by atoms with Crippen molar-refractivity contribution in [1.82, 2.24) is 14.7 Å². The van der Waals surface area contributed by atoms with E-state index >= 15 is 0 Å². The Labute approximate surface area is 99.0 Å². The number of urea groups is 1. The molecule has 1 rings (SSSR count). The van der Waals surface area contributed by atoms with E-state index in [4.69, 9.17) is 5.11 Å². The highest BCUT2D eigenvalue weighted by atomic mass is 16.4. The SMILES string of the molecule is CCC(C(=O)O)N(C)C(=O)Nc1ccn(C)n1. The van der Waals surface area contributed by atoms with E-state index in [2.05, 4.69) is 10.4 Å². The molecule has 0 aliphatic carbocycles. The van der Waals surface area contributed by atoms with Crippen LogP contribution in [0.15, 0.2) is 12.3 Å². The smallest absolute Gasteiger partial charge is 0.326 e. The number of rotatable bonds is 4. The van der Waals surface area contributed by atoms with E-state index < -0.39 is 18.0 Å². The van der Waals surface area contributed by atoms with Crippen molar-refractivity contribution in [3.8, 4) is 0 Å². The molecule has 94 valence electrons. The molecule has 0 spiro atoms. The Bertz CT molecular complexity index is 415. The highest BCUT2D eigenvalue weighted by Crippen LogP contribution is 2.07. The lowest BCUT2D eigenvalue weighted by Gasteiger charge is -2.23. The van der Waals surface area contributed by atoms with E-state index in [1.165, 1.54) is 7.05 Å². The molecule has 1 aromatic heterocycles. The predicted molar refractivity (Wildman–Crippen MR) is 61.7 cm³/mol. The van der Waals surface area contributed by atoms with Crippen LogP contribution in [0, 0.1) is 0 Å². The first-order valence-electron chi connectivity index (χ1n) is 5.22. The summed E-state index contributed by atoms with van der Waals surface area (Å²) in [5, 5.41) is 15.4. The van der Waals surface area contributed by atoms with Crippen LogP contribution in [0.25, 0.3) is 0 Å². The molecule has 0 bridgehead atoms. The molecule has 0 fully saturated rings.